The molecule has 1 aliphatic heterocycles. The van der Waals surface area contributed by atoms with Crippen LogP contribution in [0.3, 0.4) is 0 Å². The molecular weight excluding hydrogens is 568 g/mol. The molecule has 2 N–H and O–H groups in total. The number of ether oxygens (including phenoxy) is 1. The van der Waals surface area contributed by atoms with Gasteiger partial charge in [-0.05, 0) is 30.7 Å². The largest absolute Gasteiger partial charge is 0.449 e. The fraction of sp³-hybridized carbons (Fsp3) is 0.367. The second-order valence-electron chi connectivity index (χ2n) is 10.3. The van der Waals surface area contributed by atoms with Gasteiger partial charge >= 0.3 is 6.09 Å². The summed E-state index contributed by atoms with van der Waals surface area (Å²) in [5.41, 5.74) is 1.74. The number of nitrogens with one attached hydrogen (secondary N) is 1. The lowest BCUT2D eigenvalue weighted by atomic mass is 10.1. The van der Waals surface area contributed by atoms with Gasteiger partial charge in [0.05, 0.1) is 12.7 Å². The normalized spacial score (nSPS) is 14.6. The van der Waals surface area contributed by atoms with Crippen LogP contribution in [-0.4, -0.2) is 103 Å². The van der Waals surface area contributed by atoms with E-state index < -0.39 is 30.1 Å². The van der Waals surface area contributed by atoms with Gasteiger partial charge in [0.1, 0.15) is 22.8 Å². The number of amides is 3. The second kappa shape index (κ2) is 13.9. The lowest BCUT2D eigenvalue weighted by Crippen LogP contribution is -2.58. The average Bonchev–Trinajstić information content (AvgIpc) is 3.46. The summed E-state index contributed by atoms with van der Waals surface area (Å²) >= 11 is 0. The molecule has 0 spiro atoms. The van der Waals surface area contributed by atoms with E-state index in [0.29, 0.717) is 23.2 Å². The maximum atomic E-state index is 13.5. The van der Waals surface area contributed by atoms with Crippen LogP contribution in [-0.2, 0) is 9.53 Å². The highest BCUT2D eigenvalue weighted by Crippen LogP contribution is 2.21. The number of rotatable bonds is 10. The Kier molecular flexibility index (Phi) is 9.59. The van der Waals surface area contributed by atoms with E-state index in [4.69, 9.17) is 9.57 Å². The molecule has 2 aromatic carbocycles. The van der Waals surface area contributed by atoms with Gasteiger partial charge in [0.25, 0.3) is 11.8 Å². The Bertz CT molecular complexity index is 1600. The van der Waals surface area contributed by atoms with Gasteiger partial charge < -0.3 is 29.8 Å². The van der Waals surface area contributed by atoms with Crippen LogP contribution in [0.5, 0.6) is 5.88 Å². The summed E-state index contributed by atoms with van der Waals surface area (Å²) < 4.78 is 5.27. The van der Waals surface area contributed by atoms with Gasteiger partial charge in [-0.2, -0.15) is 4.98 Å². The maximum Gasteiger partial charge on any atom is 0.409 e. The number of carbonyl (C=O) groups is 3. The predicted molar refractivity (Wildman–Crippen MR) is 158 cm³/mol. The molecule has 1 saturated heterocycles. The van der Waals surface area contributed by atoms with Crippen molar-refractivity contribution < 1.29 is 29.1 Å². The summed E-state index contributed by atoms with van der Waals surface area (Å²) in [4.78, 5) is 58.3. The zero-order chi connectivity index (χ0) is 31.1. The number of piperazine rings is 1. The minimum absolute atomic E-state index is 0.0153. The first-order valence-corrected chi connectivity index (χ1v) is 14.5. The van der Waals surface area contributed by atoms with Crippen molar-refractivity contribution in [1.82, 2.24) is 40.2 Å². The molecule has 2 aromatic heterocycles. The number of fused-ring (bicyclic) bond motifs is 1. The first-order chi connectivity index (χ1) is 21.3. The molecule has 2 atom stereocenters. The van der Waals surface area contributed by atoms with Crippen molar-refractivity contribution in [3.63, 3.8) is 0 Å². The average molecular weight is 603 g/mol. The fourth-order valence-corrected chi connectivity index (χ4v) is 4.61. The molecule has 4 aromatic rings. The number of hydrogen-bond acceptors (Lipinski definition) is 10. The van der Waals surface area contributed by atoms with E-state index in [9.17, 15) is 19.5 Å². The van der Waals surface area contributed by atoms with Crippen LogP contribution >= 0.6 is 0 Å². The SMILES string of the molecule is CCCCOC(=O)N1CCN(C(=O)C(NC(=O)c2cc(On3nnc4ccccc43)nc(-c3ccccc3)n2)C(C)O)CC1. The van der Waals surface area contributed by atoms with E-state index in [-0.39, 0.29) is 43.6 Å². The lowest BCUT2D eigenvalue weighted by Gasteiger charge is -2.36. The summed E-state index contributed by atoms with van der Waals surface area (Å²) in [6.07, 6.45) is 0.0687. The smallest absolute Gasteiger partial charge is 0.409 e. The zero-order valence-electron chi connectivity index (χ0n) is 24.5. The minimum Gasteiger partial charge on any atom is -0.449 e. The summed E-state index contributed by atoms with van der Waals surface area (Å²) in [6, 6.07) is 16.3. The van der Waals surface area contributed by atoms with Crippen molar-refractivity contribution in [2.45, 2.75) is 38.8 Å². The monoisotopic (exact) mass is 602 g/mol. The third-order valence-corrected chi connectivity index (χ3v) is 7.08. The Balaban J connectivity index is 1.33. The Morgan fingerprint density at radius 2 is 1.68 bits per heavy atom. The molecule has 0 aliphatic carbocycles. The van der Waals surface area contributed by atoms with Crippen LogP contribution in [0, 0.1) is 0 Å². The van der Waals surface area contributed by atoms with Crippen LogP contribution in [0.15, 0.2) is 60.7 Å². The number of unbranched alkanes of at least 4 members (excludes halogenated alkanes) is 1. The van der Waals surface area contributed by atoms with Crippen LogP contribution < -0.4 is 10.2 Å². The molecule has 3 amide bonds. The Morgan fingerprint density at radius 1 is 0.977 bits per heavy atom. The molecule has 0 bridgehead atoms. The summed E-state index contributed by atoms with van der Waals surface area (Å²) in [5, 5.41) is 21.2. The zero-order valence-corrected chi connectivity index (χ0v) is 24.5. The molecule has 44 heavy (non-hydrogen) atoms. The highest BCUT2D eigenvalue weighted by molar-refractivity contribution is 5.97. The van der Waals surface area contributed by atoms with Gasteiger partial charge in [-0.1, -0.05) is 60.7 Å². The van der Waals surface area contributed by atoms with Crippen molar-refractivity contribution in [2.75, 3.05) is 32.8 Å². The molecule has 14 heteroatoms. The summed E-state index contributed by atoms with van der Waals surface area (Å²) in [6.45, 7) is 4.80. The van der Waals surface area contributed by atoms with Gasteiger partial charge in [0.15, 0.2) is 5.82 Å². The van der Waals surface area contributed by atoms with Gasteiger partial charge in [-0.25, -0.2) is 9.78 Å². The van der Waals surface area contributed by atoms with E-state index in [2.05, 4.69) is 25.6 Å². The van der Waals surface area contributed by atoms with Crippen molar-refractivity contribution in [3.8, 4) is 17.3 Å². The number of aromatic nitrogens is 5. The number of aliphatic hydroxyl groups excluding tert-OH is 1. The van der Waals surface area contributed by atoms with E-state index >= 15 is 0 Å². The van der Waals surface area contributed by atoms with Crippen molar-refractivity contribution in [3.05, 3.63) is 66.4 Å². The van der Waals surface area contributed by atoms with Crippen LogP contribution in [0.4, 0.5) is 4.79 Å². The van der Waals surface area contributed by atoms with Crippen LogP contribution in [0.25, 0.3) is 22.4 Å². The third-order valence-electron chi connectivity index (χ3n) is 7.08. The number of hydrogen-bond donors (Lipinski definition) is 2. The number of para-hydroxylation sites is 1. The molecular formula is C30H34N8O6. The fourth-order valence-electron chi connectivity index (χ4n) is 4.61. The third kappa shape index (κ3) is 7.09. The number of aliphatic hydroxyl groups is 1. The van der Waals surface area contributed by atoms with Crippen molar-refractivity contribution in [2.24, 2.45) is 0 Å². The van der Waals surface area contributed by atoms with Crippen LogP contribution in [0.2, 0.25) is 0 Å². The van der Waals surface area contributed by atoms with Gasteiger partial charge in [-0.3, -0.25) is 9.59 Å². The standard InChI is InChI=1S/C30H34N8O6/c1-3-4-18-43-30(42)37-16-14-36(15-17-37)29(41)26(20(2)39)33-28(40)23-19-25(32-27(31-23)21-10-6-5-7-11-21)44-38-24-13-9-8-12-22(24)34-35-38/h5-13,19-20,26,39H,3-4,14-18H2,1-2H3,(H,33,40). The minimum atomic E-state index is -1.26. The van der Waals surface area contributed by atoms with E-state index in [1.807, 2.05) is 37.3 Å². The summed E-state index contributed by atoms with van der Waals surface area (Å²) in [5.74, 6) is -0.966. The molecule has 230 valence electrons. The Labute approximate surface area is 253 Å². The quantitative estimate of drug-likeness (QED) is 0.257. The number of carbonyl (C=O) groups excluding carboxylic acids is 3. The molecule has 14 nitrogen and oxygen atoms in total. The molecule has 0 saturated carbocycles. The van der Waals surface area contributed by atoms with E-state index in [0.717, 1.165) is 12.8 Å². The molecule has 1 aliphatic rings. The van der Waals surface area contributed by atoms with Crippen molar-refractivity contribution in [1.29, 1.82) is 0 Å². The Morgan fingerprint density at radius 3 is 2.41 bits per heavy atom. The van der Waals surface area contributed by atoms with E-state index in [1.54, 1.807) is 29.2 Å². The predicted octanol–water partition coefficient (Wildman–Crippen LogP) is 2.29. The highest BCUT2D eigenvalue weighted by Gasteiger charge is 2.33. The van der Waals surface area contributed by atoms with E-state index in [1.165, 1.54) is 22.7 Å². The van der Waals surface area contributed by atoms with Gasteiger partial charge in [0.2, 0.25) is 5.91 Å². The first kappa shape index (κ1) is 30.4. The second-order valence-corrected chi connectivity index (χ2v) is 10.3. The summed E-state index contributed by atoms with van der Waals surface area (Å²) in [7, 11) is 0. The molecule has 3 heterocycles. The highest BCUT2D eigenvalue weighted by atomic mass is 16.7. The van der Waals surface area contributed by atoms with Gasteiger partial charge in [0, 0.05) is 37.8 Å². The first-order valence-electron chi connectivity index (χ1n) is 14.5. The molecule has 5 rings (SSSR count). The number of nitrogens with zero attached hydrogens (tertiary/aromatic N) is 7. The van der Waals surface area contributed by atoms with Crippen molar-refractivity contribution >= 4 is 28.9 Å². The number of benzene rings is 2. The Hall–Kier alpha value is -5.11. The van der Waals surface area contributed by atoms with Crippen LogP contribution in [0.1, 0.15) is 37.2 Å². The maximum absolute atomic E-state index is 13.5. The molecule has 1 fully saturated rings. The van der Waals surface area contributed by atoms with Gasteiger partial charge in [-0.15, -0.1) is 5.10 Å². The molecule has 2 unspecified atom stereocenters. The topological polar surface area (TPSA) is 165 Å². The lowest BCUT2D eigenvalue weighted by molar-refractivity contribution is -0.137. The molecule has 0 radical (unpaired) electrons.